The molecule has 0 spiro atoms. The summed E-state index contributed by atoms with van der Waals surface area (Å²) in [6, 6.07) is 9.21. The molecule has 2 amide bonds. The Morgan fingerprint density at radius 2 is 2.17 bits per heavy atom. The Kier molecular flexibility index (Phi) is 5.71. The molecular formula is C17H18N4O3. The number of nitrogens with two attached hydrogens (primary N) is 1. The van der Waals surface area contributed by atoms with Crippen LogP contribution in [0.15, 0.2) is 36.0 Å². The zero-order valence-electron chi connectivity index (χ0n) is 13.3. The highest BCUT2D eigenvalue weighted by Gasteiger charge is 2.12. The molecule has 0 saturated carbocycles. The molecule has 0 unspecified atom stereocenters. The Labute approximate surface area is 139 Å². The van der Waals surface area contributed by atoms with Crippen molar-refractivity contribution >= 4 is 28.8 Å². The summed E-state index contributed by atoms with van der Waals surface area (Å²) < 4.78 is 6.65. The fraction of sp³-hybridized carbons (Fsp3) is 0.235. The van der Waals surface area contributed by atoms with Crippen molar-refractivity contribution in [3.05, 3.63) is 41.6 Å². The number of nitriles is 1. The number of amides is 2. The van der Waals surface area contributed by atoms with Crippen LogP contribution in [0.4, 0.5) is 0 Å². The molecule has 0 fully saturated rings. The van der Waals surface area contributed by atoms with Crippen LogP contribution in [0.2, 0.25) is 0 Å². The SMILES string of the molecule is COCCNC(=O)Cn1cc(/C=C(/C#N)C(N)=O)c2ccccc21. The van der Waals surface area contributed by atoms with Gasteiger partial charge in [0.15, 0.2) is 0 Å². The first-order chi connectivity index (χ1) is 11.6. The van der Waals surface area contributed by atoms with Gasteiger partial charge < -0.3 is 20.4 Å². The van der Waals surface area contributed by atoms with Crippen molar-refractivity contribution in [1.82, 2.24) is 9.88 Å². The van der Waals surface area contributed by atoms with Crippen molar-refractivity contribution in [1.29, 1.82) is 5.26 Å². The van der Waals surface area contributed by atoms with E-state index in [-0.39, 0.29) is 18.0 Å². The Bertz CT molecular complexity index is 830. The Morgan fingerprint density at radius 3 is 2.83 bits per heavy atom. The van der Waals surface area contributed by atoms with Gasteiger partial charge in [0.05, 0.1) is 6.61 Å². The number of nitrogens with zero attached hydrogens (tertiary/aromatic N) is 2. The predicted octanol–water partition coefficient (Wildman–Crippen LogP) is 0.796. The van der Waals surface area contributed by atoms with Crippen LogP contribution in [0.5, 0.6) is 0 Å². The third-order valence-electron chi connectivity index (χ3n) is 3.45. The van der Waals surface area contributed by atoms with Crippen LogP contribution >= 0.6 is 0 Å². The molecule has 0 aliphatic rings. The van der Waals surface area contributed by atoms with Gasteiger partial charge in [0, 0.05) is 36.3 Å². The minimum atomic E-state index is -0.786. The summed E-state index contributed by atoms with van der Waals surface area (Å²) in [4.78, 5) is 23.2. The lowest BCUT2D eigenvalue weighted by Crippen LogP contribution is -2.30. The molecule has 7 nitrogen and oxygen atoms in total. The maximum Gasteiger partial charge on any atom is 0.259 e. The van der Waals surface area contributed by atoms with E-state index in [1.807, 2.05) is 24.3 Å². The second-order valence-corrected chi connectivity index (χ2v) is 5.11. The number of ether oxygens (including phenoxy) is 1. The van der Waals surface area contributed by atoms with Crippen LogP contribution < -0.4 is 11.1 Å². The van der Waals surface area contributed by atoms with Crippen LogP contribution in [0.1, 0.15) is 5.56 Å². The fourth-order valence-corrected chi connectivity index (χ4v) is 2.34. The molecule has 0 atom stereocenters. The van der Waals surface area contributed by atoms with Crippen LogP contribution in [-0.4, -0.2) is 36.6 Å². The molecule has 2 aromatic rings. The van der Waals surface area contributed by atoms with E-state index in [0.717, 1.165) is 10.9 Å². The lowest BCUT2D eigenvalue weighted by Gasteiger charge is -2.06. The molecule has 7 heteroatoms. The summed E-state index contributed by atoms with van der Waals surface area (Å²) >= 11 is 0. The summed E-state index contributed by atoms with van der Waals surface area (Å²) in [6.45, 7) is 0.994. The van der Waals surface area contributed by atoms with E-state index in [1.54, 1.807) is 23.9 Å². The van der Waals surface area contributed by atoms with Crippen LogP contribution in [0.3, 0.4) is 0 Å². The lowest BCUT2D eigenvalue weighted by atomic mass is 10.1. The molecule has 124 valence electrons. The zero-order valence-corrected chi connectivity index (χ0v) is 13.3. The van der Waals surface area contributed by atoms with Crippen molar-refractivity contribution < 1.29 is 14.3 Å². The zero-order chi connectivity index (χ0) is 17.5. The van der Waals surface area contributed by atoms with Gasteiger partial charge in [-0.05, 0) is 12.1 Å². The molecule has 1 heterocycles. The Balaban J connectivity index is 2.34. The first kappa shape index (κ1) is 17.2. The van der Waals surface area contributed by atoms with E-state index in [0.29, 0.717) is 18.7 Å². The standard InChI is InChI=1S/C17H18N4O3/c1-24-7-6-20-16(22)11-21-10-13(8-12(9-18)17(19)23)14-4-2-3-5-15(14)21/h2-5,8,10H,6-7,11H2,1H3,(H2,19,23)(H,20,22)/b12-8-. The smallest absolute Gasteiger partial charge is 0.259 e. The maximum atomic E-state index is 12.0. The van der Waals surface area contributed by atoms with Gasteiger partial charge >= 0.3 is 0 Å². The van der Waals surface area contributed by atoms with E-state index in [9.17, 15) is 9.59 Å². The first-order valence-corrected chi connectivity index (χ1v) is 7.32. The van der Waals surface area contributed by atoms with Gasteiger partial charge in [-0.3, -0.25) is 9.59 Å². The molecule has 2 rings (SSSR count). The molecule has 1 aromatic heterocycles. The molecule has 0 saturated heterocycles. The molecule has 24 heavy (non-hydrogen) atoms. The summed E-state index contributed by atoms with van der Waals surface area (Å²) in [6.07, 6.45) is 3.16. The van der Waals surface area contributed by atoms with Crippen molar-refractivity contribution in [2.75, 3.05) is 20.3 Å². The van der Waals surface area contributed by atoms with Gasteiger partial charge in [-0.1, -0.05) is 18.2 Å². The molecule has 0 radical (unpaired) electrons. The van der Waals surface area contributed by atoms with E-state index in [4.69, 9.17) is 15.7 Å². The summed E-state index contributed by atoms with van der Waals surface area (Å²) in [5, 5.41) is 12.6. The number of aromatic nitrogens is 1. The van der Waals surface area contributed by atoms with Crippen molar-refractivity contribution in [3.63, 3.8) is 0 Å². The average molecular weight is 326 g/mol. The highest BCUT2D eigenvalue weighted by atomic mass is 16.5. The van der Waals surface area contributed by atoms with Crippen molar-refractivity contribution in [2.24, 2.45) is 5.73 Å². The third-order valence-corrected chi connectivity index (χ3v) is 3.45. The maximum absolute atomic E-state index is 12.0. The van der Waals surface area contributed by atoms with Gasteiger partial charge in [0.25, 0.3) is 5.91 Å². The van der Waals surface area contributed by atoms with Crippen LogP contribution in [-0.2, 0) is 20.9 Å². The van der Waals surface area contributed by atoms with Crippen LogP contribution in [0, 0.1) is 11.3 Å². The summed E-state index contributed by atoms with van der Waals surface area (Å²) in [5.74, 6) is -0.939. The van der Waals surface area contributed by atoms with Gasteiger partial charge in [-0.15, -0.1) is 0 Å². The van der Waals surface area contributed by atoms with Gasteiger partial charge in [-0.25, -0.2) is 0 Å². The highest BCUT2D eigenvalue weighted by Crippen LogP contribution is 2.23. The summed E-state index contributed by atoms with van der Waals surface area (Å²) in [5.41, 5.74) is 6.53. The number of fused-ring (bicyclic) bond motifs is 1. The number of primary amides is 1. The van der Waals surface area contributed by atoms with E-state index in [2.05, 4.69) is 5.32 Å². The quantitative estimate of drug-likeness (QED) is 0.445. The number of para-hydroxylation sites is 1. The van der Waals surface area contributed by atoms with Gasteiger partial charge in [0.1, 0.15) is 18.2 Å². The van der Waals surface area contributed by atoms with Crippen molar-refractivity contribution in [3.8, 4) is 6.07 Å². The fourth-order valence-electron chi connectivity index (χ4n) is 2.34. The van der Waals surface area contributed by atoms with Gasteiger partial charge in [0.2, 0.25) is 5.91 Å². The number of hydrogen-bond acceptors (Lipinski definition) is 4. The number of benzene rings is 1. The number of methoxy groups -OCH3 is 1. The lowest BCUT2D eigenvalue weighted by molar-refractivity contribution is -0.121. The number of hydrogen-bond donors (Lipinski definition) is 2. The molecule has 1 aromatic carbocycles. The molecule has 0 aliphatic carbocycles. The minimum absolute atomic E-state index is 0.122. The predicted molar refractivity (Wildman–Crippen MR) is 89.6 cm³/mol. The van der Waals surface area contributed by atoms with E-state index >= 15 is 0 Å². The summed E-state index contributed by atoms with van der Waals surface area (Å²) in [7, 11) is 1.57. The number of rotatable bonds is 7. The highest BCUT2D eigenvalue weighted by molar-refractivity contribution is 6.03. The second kappa shape index (κ2) is 7.94. The average Bonchev–Trinajstić information content (AvgIpc) is 2.90. The normalized spacial score (nSPS) is 11.2. The van der Waals surface area contributed by atoms with E-state index in [1.165, 1.54) is 6.08 Å². The topological polar surface area (TPSA) is 110 Å². The Morgan fingerprint density at radius 1 is 1.42 bits per heavy atom. The molecular weight excluding hydrogens is 308 g/mol. The van der Waals surface area contributed by atoms with Crippen LogP contribution in [0.25, 0.3) is 17.0 Å². The monoisotopic (exact) mass is 326 g/mol. The van der Waals surface area contributed by atoms with Gasteiger partial charge in [-0.2, -0.15) is 5.26 Å². The number of carbonyl (C=O) groups is 2. The Hall–Kier alpha value is -3.11. The van der Waals surface area contributed by atoms with E-state index < -0.39 is 5.91 Å². The molecule has 3 N–H and O–H groups in total. The molecule has 0 aliphatic heterocycles. The third kappa shape index (κ3) is 4.00. The molecule has 0 bridgehead atoms. The first-order valence-electron chi connectivity index (χ1n) is 7.32. The minimum Gasteiger partial charge on any atom is -0.383 e. The van der Waals surface area contributed by atoms with Crippen molar-refractivity contribution in [2.45, 2.75) is 6.54 Å². The number of carbonyl (C=O) groups excluding carboxylic acids is 2. The largest absolute Gasteiger partial charge is 0.383 e. The number of nitrogens with one attached hydrogen (secondary N) is 1. The second-order valence-electron chi connectivity index (χ2n) is 5.11.